The van der Waals surface area contributed by atoms with Gasteiger partial charge < -0.3 is 14.5 Å². The Labute approximate surface area is 190 Å². The predicted octanol–water partition coefficient (Wildman–Crippen LogP) is 0.722. The molecule has 2 saturated heterocycles. The third-order valence-electron chi connectivity index (χ3n) is 6.31. The first kappa shape index (κ1) is 24.6. The van der Waals surface area contributed by atoms with Gasteiger partial charge in [0.1, 0.15) is 0 Å². The van der Waals surface area contributed by atoms with Crippen LogP contribution in [0.3, 0.4) is 0 Å². The molecule has 1 atom stereocenters. The molecule has 0 unspecified atom stereocenters. The molecule has 0 N–H and O–H groups in total. The van der Waals surface area contributed by atoms with Crippen LogP contribution < -0.4 is 0 Å². The average Bonchev–Trinajstić information content (AvgIpc) is 2.83. The molecule has 2 aliphatic rings. The molecular formula is C22H34N4O5S. The van der Waals surface area contributed by atoms with Crippen molar-refractivity contribution in [3.63, 3.8) is 0 Å². The second-order valence-corrected chi connectivity index (χ2v) is 10.1. The van der Waals surface area contributed by atoms with E-state index in [1.54, 1.807) is 6.92 Å². The second-order valence-electron chi connectivity index (χ2n) is 8.12. The normalized spacial score (nSPS) is 20.2. The van der Waals surface area contributed by atoms with Crippen LogP contribution in [0.5, 0.6) is 0 Å². The number of likely N-dealkylation sites (N-methyl/N-ethyl adjacent to an activating group) is 1. The number of carbonyl (C=O) groups excluding carboxylic acids is 2. The minimum absolute atomic E-state index is 0.117. The van der Waals surface area contributed by atoms with Crippen molar-refractivity contribution < 1.29 is 22.7 Å². The van der Waals surface area contributed by atoms with Gasteiger partial charge in [-0.25, -0.2) is 13.2 Å². The highest BCUT2D eigenvalue weighted by Gasteiger charge is 2.34. The van der Waals surface area contributed by atoms with Gasteiger partial charge in [-0.1, -0.05) is 6.92 Å². The van der Waals surface area contributed by atoms with E-state index in [1.807, 2.05) is 11.8 Å². The number of nitrogens with zero attached hydrogens (tertiary/aromatic N) is 4. The lowest BCUT2D eigenvalue weighted by Gasteiger charge is -2.40. The maximum atomic E-state index is 13.0. The molecule has 9 nitrogen and oxygen atoms in total. The fourth-order valence-corrected chi connectivity index (χ4v) is 5.58. The lowest BCUT2D eigenvalue weighted by Crippen LogP contribution is -2.57. The molecule has 1 aromatic carbocycles. The number of piperazine rings is 2. The smallest absolute Gasteiger partial charge is 0.338 e. The largest absolute Gasteiger partial charge is 0.462 e. The van der Waals surface area contributed by atoms with E-state index in [4.69, 9.17) is 4.74 Å². The molecule has 2 heterocycles. The Morgan fingerprint density at radius 1 is 0.938 bits per heavy atom. The zero-order chi connectivity index (χ0) is 23.3. The van der Waals surface area contributed by atoms with Gasteiger partial charge in [0.05, 0.1) is 23.1 Å². The predicted molar refractivity (Wildman–Crippen MR) is 121 cm³/mol. The van der Waals surface area contributed by atoms with Crippen LogP contribution in [0.15, 0.2) is 29.2 Å². The zero-order valence-corrected chi connectivity index (χ0v) is 20.0. The van der Waals surface area contributed by atoms with Crippen molar-refractivity contribution >= 4 is 21.9 Å². The number of carbonyl (C=O) groups is 2. The Morgan fingerprint density at radius 3 is 2.06 bits per heavy atom. The monoisotopic (exact) mass is 466 g/mol. The van der Waals surface area contributed by atoms with Crippen molar-refractivity contribution in [2.75, 3.05) is 65.5 Å². The van der Waals surface area contributed by atoms with Gasteiger partial charge in [-0.3, -0.25) is 9.69 Å². The van der Waals surface area contributed by atoms with Crippen LogP contribution in [0.2, 0.25) is 0 Å². The van der Waals surface area contributed by atoms with Crippen molar-refractivity contribution in [2.24, 2.45) is 0 Å². The van der Waals surface area contributed by atoms with E-state index in [2.05, 4.69) is 16.7 Å². The summed E-state index contributed by atoms with van der Waals surface area (Å²) in [5.74, 6) is -0.355. The molecule has 0 bridgehead atoms. The minimum Gasteiger partial charge on any atom is -0.462 e. The van der Waals surface area contributed by atoms with E-state index in [9.17, 15) is 18.0 Å². The highest BCUT2D eigenvalue weighted by molar-refractivity contribution is 7.89. The summed E-state index contributed by atoms with van der Waals surface area (Å²) >= 11 is 0. The molecule has 10 heteroatoms. The minimum atomic E-state index is -3.66. The van der Waals surface area contributed by atoms with Crippen LogP contribution in [-0.4, -0.2) is 111 Å². The van der Waals surface area contributed by atoms with E-state index < -0.39 is 16.0 Å². The Bertz CT molecular complexity index is 889. The molecule has 2 fully saturated rings. The lowest BCUT2D eigenvalue weighted by atomic mass is 10.2. The fourth-order valence-electron chi connectivity index (χ4n) is 4.16. The Hall–Kier alpha value is -2.01. The standard InChI is InChI=1S/C22H34N4O5S/c1-4-23-10-12-25(13-11-23)21(27)18(3)24-14-16-26(17-15-24)32(29,30)20-8-6-19(7-9-20)22(28)31-5-2/h6-9,18H,4-5,10-17H2,1-3H3/t18-/m1/s1. The summed E-state index contributed by atoms with van der Waals surface area (Å²) in [4.78, 5) is 31.2. The number of hydrogen-bond acceptors (Lipinski definition) is 7. The summed E-state index contributed by atoms with van der Waals surface area (Å²) in [5.41, 5.74) is 0.322. The molecule has 32 heavy (non-hydrogen) atoms. The number of esters is 1. The number of rotatable bonds is 7. The third kappa shape index (κ3) is 5.48. The average molecular weight is 467 g/mol. The first-order valence-electron chi connectivity index (χ1n) is 11.3. The Balaban J connectivity index is 1.56. The highest BCUT2D eigenvalue weighted by Crippen LogP contribution is 2.20. The second kappa shape index (κ2) is 10.7. The SMILES string of the molecule is CCOC(=O)c1ccc(S(=O)(=O)N2CCN([C@H](C)C(=O)N3CCN(CC)CC3)CC2)cc1. The van der Waals surface area contributed by atoms with Crippen molar-refractivity contribution in [1.29, 1.82) is 0 Å². The topological polar surface area (TPSA) is 90.5 Å². The van der Waals surface area contributed by atoms with Crippen molar-refractivity contribution in [1.82, 2.24) is 19.0 Å². The lowest BCUT2D eigenvalue weighted by molar-refractivity contribution is -0.138. The first-order chi connectivity index (χ1) is 15.3. The molecule has 178 valence electrons. The molecule has 0 saturated carbocycles. The van der Waals surface area contributed by atoms with Crippen molar-refractivity contribution in [3.8, 4) is 0 Å². The van der Waals surface area contributed by atoms with Crippen LogP contribution in [0.25, 0.3) is 0 Å². The highest BCUT2D eigenvalue weighted by atomic mass is 32.2. The summed E-state index contributed by atoms with van der Waals surface area (Å²) in [5, 5.41) is 0. The Morgan fingerprint density at radius 2 is 1.53 bits per heavy atom. The summed E-state index contributed by atoms with van der Waals surface area (Å²) in [7, 11) is -3.66. The van der Waals surface area contributed by atoms with Crippen LogP contribution >= 0.6 is 0 Å². The maximum Gasteiger partial charge on any atom is 0.338 e. The molecule has 0 radical (unpaired) electrons. The fraction of sp³-hybridized carbons (Fsp3) is 0.636. The van der Waals surface area contributed by atoms with Gasteiger partial charge in [-0.15, -0.1) is 0 Å². The molecule has 1 aromatic rings. The number of amides is 1. The molecule has 0 spiro atoms. The summed E-state index contributed by atoms with van der Waals surface area (Å²) < 4.78 is 32.4. The maximum absolute atomic E-state index is 13.0. The van der Waals surface area contributed by atoms with Gasteiger partial charge in [0.15, 0.2) is 0 Å². The zero-order valence-electron chi connectivity index (χ0n) is 19.2. The van der Waals surface area contributed by atoms with Crippen LogP contribution in [0.1, 0.15) is 31.1 Å². The van der Waals surface area contributed by atoms with Gasteiger partial charge in [0.25, 0.3) is 0 Å². The molecule has 2 aliphatic heterocycles. The van der Waals surface area contributed by atoms with E-state index in [-0.39, 0.29) is 23.5 Å². The summed E-state index contributed by atoms with van der Waals surface area (Å²) in [6.07, 6.45) is 0. The van der Waals surface area contributed by atoms with Crippen molar-refractivity contribution in [2.45, 2.75) is 31.7 Å². The van der Waals surface area contributed by atoms with Crippen LogP contribution in [0.4, 0.5) is 0 Å². The van der Waals surface area contributed by atoms with Gasteiger partial charge >= 0.3 is 5.97 Å². The number of hydrogen-bond donors (Lipinski definition) is 0. The number of ether oxygens (including phenoxy) is 1. The van der Waals surface area contributed by atoms with Gasteiger partial charge in [-0.05, 0) is 44.7 Å². The number of benzene rings is 1. The van der Waals surface area contributed by atoms with Crippen molar-refractivity contribution in [3.05, 3.63) is 29.8 Å². The molecular weight excluding hydrogens is 432 g/mol. The van der Waals surface area contributed by atoms with Gasteiger partial charge in [0, 0.05) is 52.4 Å². The van der Waals surface area contributed by atoms with Crippen LogP contribution in [-0.2, 0) is 19.6 Å². The third-order valence-corrected chi connectivity index (χ3v) is 8.23. The molecule has 0 aromatic heterocycles. The van der Waals surface area contributed by atoms with E-state index >= 15 is 0 Å². The summed E-state index contributed by atoms with van der Waals surface area (Å²) in [6.45, 7) is 12.0. The Kier molecular flexibility index (Phi) is 8.26. The molecule has 0 aliphatic carbocycles. The van der Waals surface area contributed by atoms with Gasteiger partial charge in [0.2, 0.25) is 15.9 Å². The molecule has 3 rings (SSSR count). The van der Waals surface area contributed by atoms with E-state index in [0.29, 0.717) is 31.7 Å². The number of sulfonamides is 1. The van der Waals surface area contributed by atoms with E-state index in [0.717, 1.165) is 32.7 Å². The van der Waals surface area contributed by atoms with Gasteiger partial charge in [-0.2, -0.15) is 4.31 Å². The van der Waals surface area contributed by atoms with Crippen LogP contribution in [0, 0.1) is 0 Å². The summed E-state index contributed by atoms with van der Waals surface area (Å²) in [6, 6.07) is 5.56. The quantitative estimate of drug-likeness (QED) is 0.547. The van der Waals surface area contributed by atoms with E-state index in [1.165, 1.54) is 28.6 Å². The molecule has 1 amide bonds. The first-order valence-corrected chi connectivity index (χ1v) is 12.7.